The minimum atomic E-state index is -4.45. The van der Waals surface area contributed by atoms with E-state index in [0.717, 1.165) is 24.3 Å². The van der Waals surface area contributed by atoms with Gasteiger partial charge in [0.05, 0.1) is 27.9 Å². The number of benzene rings is 2. The van der Waals surface area contributed by atoms with Gasteiger partial charge < -0.3 is 10.6 Å². The molecule has 0 unspecified atom stereocenters. The predicted molar refractivity (Wildman–Crippen MR) is 128 cm³/mol. The Hall–Kier alpha value is -3.66. The summed E-state index contributed by atoms with van der Waals surface area (Å²) < 4.78 is 39.8. The average molecular weight is 503 g/mol. The summed E-state index contributed by atoms with van der Waals surface area (Å²) in [5.74, 6) is 0.750. The monoisotopic (exact) mass is 502 g/mol. The molecular weight excluding hydrogens is 481 g/mol. The Morgan fingerprint density at radius 2 is 1.77 bits per heavy atom. The number of amides is 1. The number of carbonyl (C=O) groups excluding carboxylic acids is 1. The van der Waals surface area contributed by atoms with E-state index < -0.39 is 17.6 Å². The van der Waals surface area contributed by atoms with Gasteiger partial charge in [0.2, 0.25) is 0 Å². The maximum atomic E-state index is 12.7. The fraction of sp³-hybridized carbons (Fsp3) is 0.250. The molecular formula is C24H22ClF3N6O. The van der Waals surface area contributed by atoms with E-state index in [1.54, 1.807) is 16.9 Å². The second kappa shape index (κ2) is 9.91. The van der Waals surface area contributed by atoms with Gasteiger partial charge in [-0.25, -0.2) is 14.6 Å². The first kappa shape index (κ1) is 24.5. The fourth-order valence-electron chi connectivity index (χ4n) is 3.39. The Morgan fingerprint density at radius 1 is 1.06 bits per heavy atom. The zero-order chi connectivity index (χ0) is 25.2. The molecule has 2 N–H and O–H groups in total. The van der Waals surface area contributed by atoms with Crippen LogP contribution in [0, 0.1) is 0 Å². The molecule has 0 bridgehead atoms. The summed E-state index contributed by atoms with van der Waals surface area (Å²) in [7, 11) is 0. The van der Waals surface area contributed by atoms with E-state index in [1.807, 2.05) is 32.0 Å². The number of rotatable bonds is 7. The third kappa shape index (κ3) is 5.37. The van der Waals surface area contributed by atoms with Crippen LogP contribution in [0.1, 0.15) is 41.5 Å². The summed E-state index contributed by atoms with van der Waals surface area (Å²) in [4.78, 5) is 21.6. The van der Waals surface area contributed by atoms with Crippen LogP contribution in [0.2, 0.25) is 5.02 Å². The molecule has 0 saturated heterocycles. The third-order valence-electron chi connectivity index (χ3n) is 5.22. The van der Waals surface area contributed by atoms with Gasteiger partial charge in [0.15, 0.2) is 5.65 Å². The van der Waals surface area contributed by atoms with Crippen molar-refractivity contribution in [1.29, 1.82) is 0 Å². The summed E-state index contributed by atoms with van der Waals surface area (Å²) in [5.41, 5.74) is 0.618. The molecule has 11 heteroatoms. The van der Waals surface area contributed by atoms with Crippen LogP contribution in [-0.4, -0.2) is 38.7 Å². The number of para-hydroxylation sites is 1. The molecule has 2 aromatic carbocycles. The molecule has 4 rings (SSSR count). The van der Waals surface area contributed by atoms with Crippen molar-refractivity contribution in [2.24, 2.45) is 0 Å². The molecule has 0 saturated carbocycles. The number of fused-ring (bicyclic) bond motifs is 1. The number of nitrogens with one attached hydrogen (secondary N) is 2. The molecule has 2 heterocycles. The minimum absolute atomic E-state index is 0.0499. The Balaban J connectivity index is 1.48. The van der Waals surface area contributed by atoms with Crippen molar-refractivity contribution in [3.63, 3.8) is 0 Å². The molecule has 35 heavy (non-hydrogen) atoms. The van der Waals surface area contributed by atoms with E-state index in [1.165, 1.54) is 0 Å². The lowest BCUT2D eigenvalue weighted by atomic mass is 10.1. The molecule has 0 spiro atoms. The van der Waals surface area contributed by atoms with E-state index in [4.69, 9.17) is 11.6 Å². The van der Waals surface area contributed by atoms with Crippen molar-refractivity contribution in [3.05, 3.63) is 76.7 Å². The molecule has 7 nitrogen and oxygen atoms in total. The molecule has 0 fully saturated rings. The van der Waals surface area contributed by atoms with Gasteiger partial charge in [-0.15, -0.1) is 0 Å². The van der Waals surface area contributed by atoms with Crippen molar-refractivity contribution >= 4 is 34.4 Å². The molecule has 0 aliphatic heterocycles. The summed E-state index contributed by atoms with van der Waals surface area (Å²) >= 11 is 6.36. The quantitative estimate of drug-likeness (QED) is 0.328. The van der Waals surface area contributed by atoms with Crippen LogP contribution >= 0.6 is 11.6 Å². The van der Waals surface area contributed by atoms with Gasteiger partial charge in [0.1, 0.15) is 11.6 Å². The van der Waals surface area contributed by atoms with Crippen LogP contribution in [0.15, 0.2) is 54.7 Å². The Bertz CT molecular complexity index is 1350. The lowest BCUT2D eigenvalue weighted by Gasteiger charge is -2.12. The number of alkyl halides is 3. The standard InChI is InChI=1S/C24H22ClF3N6O/c1-14(2)20-32-21(17-13-31-34(22(17)33-20)19-6-4-3-5-18(19)25)29-11-12-30-23(35)15-7-9-16(10-8-15)24(26,27)28/h3-10,13-14H,11-12H2,1-2H3,(H,30,35)(H,29,32,33). The molecule has 0 atom stereocenters. The van der Waals surface area contributed by atoms with Crippen molar-refractivity contribution in [1.82, 2.24) is 25.1 Å². The van der Waals surface area contributed by atoms with E-state index in [-0.39, 0.29) is 18.0 Å². The number of aromatic nitrogens is 4. The second-order valence-electron chi connectivity index (χ2n) is 8.09. The summed E-state index contributed by atoms with van der Waals surface area (Å²) in [6.07, 6.45) is -2.80. The molecule has 2 aromatic heterocycles. The smallest absolute Gasteiger partial charge is 0.368 e. The number of carbonyl (C=O) groups is 1. The first-order chi connectivity index (χ1) is 16.6. The second-order valence-corrected chi connectivity index (χ2v) is 8.50. The lowest BCUT2D eigenvalue weighted by Crippen LogP contribution is -2.29. The van der Waals surface area contributed by atoms with Crippen molar-refractivity contribution in [3.8, 4) is 5.69 Å². The van der Waals surface area contributed by atoms with Crippen molar-refractivity contribution in [2.45, 2.75) is 25.9 Å². The third-order valence-corrected chi connectivity index (χ3v) is 5.54. The van der Waals surface area contributed by atoms with E-state index >= 15 is 0 Å². The van der Waals surface area contributed by atoms with Crippen LogP contribution < -0.4 is 10.6 Å². The lowest BCUT2D eigenvalue weighted by molar-refractivity contribution is -0.137. The number of hydrogen-bond donors (Lipinski definition) is 2. The van der Waals surface area contributed by atoms with Gasteiger partial charge in [-0.2, -0.15) is 18.3 Å². The van der Waals surface area contributed by atoms with Gasteiger partial charge in [0.25, 0.3) is 5.91 Å². The number of halogens is 4. The SMILES string of the molecule is CC(C)c1nc(NCCNC(=O)c2ccc(C(F)(F)F)cc2)c2cnn(-c3ccccc3Cl)c2n1. The first-order valence-electron chi connectivity index (χ1n) is 10.8. The largest absolute Gasteiger partial charge is 0.416 e. The Kier molecular flexibility index (Phi) is 6.93. The van der Waals surface area contributed by atoms with E-state index in [0.29, 0.717) is 39.9 Å². The average Bonchev–Trinajstić information content (AvgIpc) is 3.25. The molecule has 0 aliphatic carbocycles. The minimum Gasteiger partial charge on any atom is -0.368 e. The molecule has 0 radical (unpaired) electrons. The zero-order valence-corrected chi connectivity index (χ0v) is 19.7. The highest BCUT2D eigenvalue weighted by atomic mass is 35.5. The fourth-order valence-corrected chi connectivity index (χ4v) is 3.60. The summed E-state index contributed by atoms with van der Waals surface area (Å²) in [6.45, 7) is 4.51. The van der Waals surface area contributed by atoms with Crippen LogP contribution in [0.3, 0.4) is 0 Å². The zero-order valence-electron chi connectivity index (χ0n) is 18.9. The van der Waals surface area contributed by atoms with Gasteiger partial charge in [-0.1, -0.05) is 37.6 Å². The van der Waals surface area contributed by atoms with Crippen LogP contribution in [0.5, 0.6) is 0 Å². The van der Waals surface area contributed by atoms with Gasteiger partial charge >= 0.3 is 6.18 Å². The van der Waals surface area contributed by atoms with E-state index in [9.17, 15) is 18.0 Å². The Morgan fingerprint density at radius 3 is 2.43 bits per heavy atom. The molecule has 0 aliphatic rings. The van der Waals surface area contributed by atoms with Crippen LogP contribution in [0.25, 0.3) is 16.7 Å². The van der Waals surface area contributed by atoms with Gasteiger partial charge in [-0.05, 0) is 36.4 Å². The van der Waals surface area contributed by atoms with Crippen molar-refractivity contribution in [2.75, 3.05) is 18.4 Å². The predicted octanol–water partition coefficient (Wildman–Crippen LogP) is 5.45. The molecule has 4 aromatic rings. The van der Waals surface area contributed by atoms with E-state index in [2.05, 4.69) is 25.7 Å². The first-order valence-corrected chi connectivity index (χ1v) is 11.2. The number of nitrogens with zero attached hydrogens (tertiary/aromatic N) is 4. The van der Waals surface area contributed by atoms with Gasteiger partial charge in [-0.3, -0.25) is 4.79 Å². The van der Waals surface area contributed by atoms with Gasteiger partial charge in [0, 0.05) is 24.6 Å². The summed E-state index contributed by atoms with van der Waals surface area (Å²) in [6, 6.07) is 11.4. The Labute approximate surface area is 204 Å². The van der Waals surface area contributed by atoms with Crippen LogP contribution in [0.4, 0.5) is 19.0 Å². The highest BCUT2D eigenvalue weighted by molar-refractivity contribution is 6.32. The normalized spacial score (nSPS) is 11.7. The highest BCUT2D eigenvalue weighted by Crippen LogP contribution is 2.29. The maximum Gasteiger partial charge on any atom is 0.416 e. The highest BCUT2D eigenvalue weighted by Gasteiger charge is 2.30. The topological polar surface area (TPSA) is 84.7 Å². The summed E-state index contributed by atoms with van der Waals surface area (Å²) in [5, 5.41) is 11.5. The number of anilines is 1. The molecule has 1 amide bonds. The number of hydrogen-bond acceptors (Lipinski definition) is 5. The molecule has 182 valence electrons. The maximum absolute atomic E-state index is 12.7. The van der Waals surface area contributed by atoms with Crippen LogP contribution in [-0.2, 0) is 6.18 Å². The van der Waals surface area contributed by atoms with Crippen molar-refractivity contribution < 1.29 is 18.0 Å².